The highest BCUT2D eigenvalue weighted by Crippen LogP contribution is 2.22. The molecule has 0 N–H and O–H groups in total. The second-order valence-corrected chi connectivity index (χ2v) is 7.60. The van der Waals surface area contributed by atoms with Crippen molar-refractivity contribution in [2.24, 2.45) is 0 Å². The van der Waals surface area contributed by atoms with Gasteiger partial charge in [-0.05, 0) is 31.2 Å². The Morgan fingerprint density at radius 1 is 1.13 bits per heavy atom. The van der Waals surface area contributed by atoms with Crippen molar-refractivity contribution in [3.63, 3.8) is 0 Å². The lowest BCUT2D eigenvalue weighted by atomic mass is 10.2. The zero-order valence-corrected chi connectivity index (χ0v) is 17.4. The van der Waals surface area contributed by atoms with Crippen LogP contribution in [0.3, 0.4) is 0 Å². The van der Waals surface area contributed by atoms with Crippen molar-refractivity contribution in [3.05, 3.63) is 76.7 Å². The van der Waals surface area contributed by atoms with Crippen molar-refractivity contribution in [2.75, 3.05) is 37.6 Å². The fourth-order valence-corrected chi connectivity index (χ4v) is 3.76. The van der Waals surface area contributed by atoms with E-state index in [0.717, 1.165) is 37.0 Å². The van der Waals surface area contributed by atoms with Crippen LogP contribution in [-0.4, -0.2) is 52.4 Å². The average molecular weight is 430 g/mol. The third-order valence-corrected chi connectivity index (χ3v) is 5.56. The summed E-state index contributed by atoms with van der Waals surface area (Å²) < 4.78 is 29.1. The molecule has 30 heavy (non-hydrogen) atoms. The van der Waals surface area contributed by atoms with Gasteiger partial charge < -0.3 is 4.90 Å². The van der Waals surface area contributed by atoms with Crippen LogP contribution < -0.4 is 4.90 Å². The molecule has 0 atom stereocenters. The summed E-state index contributed by atoms with van der Waals surface area (Å²) in [5, 5.41) is 4.95. The number of hydrogen-bond donors (Lipinski definition) is 0. The predicted octanol–water partition coefficient (Wildman–Crippen LogP) is 4.34. The van der Waals surface area contributed by atoms with Gasteiger partial charge in [0.2, 0.25) is 0 Å². The van der Waals surface area contributed by atoms with E-state index in [1.54, 1.807) is 29.2 Å². The molecular weight excluding hydrogens is 408 g/mol. The highest BCUT2D eigenvalue weighted by Gasteiger charge is 2.19. The molecule has 0 spiro atoms. The van der Waals surface area contributed by atoms with Crippen LogP contribution in [0.1, 0.15) is 11.3 Å². The molecule has 2 aromatic heterocycles. The number of anilines is 1. The molecule has 0 unspecified atom stereocenters. The summed E-state index contributed by atoms with van der Waals surface area (Å²) in [5.74, 6) is -0.193. The van der Waals surface area contributed by atoms with Gasteiger partial charge in [0.25, 0.3) is 0 Å². The lowest BCUT2D eigenvalue weighted by Crippen LogP contribution is -2.46. The van der Waals surface area contributed by atoms with E-state index in [2.05, 4.69) is 21.1 Å². The summed E-state index contributed by atoms with van der Waals surface area (Å²) >= 11 is 6.22. The minimum Gasteiger partial charge on any atom is -0.367 e. The van der Waals surface area contributed by atoms with Crippen LogP contribution in [0.2, 0.25) is 5.02 Å². The Kier molecular flexibility index (Phi) is 6.11. The summed E-state index contributed by atoms with van der Waals surface area (Å²) in [5.41, 5.74) is 2.29. The molecule has 0 radical (unpaired) electrons. The van der Waals surface area contributed by atoms with Gasteiger partial charge in [-0.15, -0.1) is 0 Å². The first-order chi connectivity index (χ1) is 14.5. The van der Waals surface area contributed by atoms with E-state index in [0.29, 0.717) is 29.6 Å². The fourth-order valence-electron chi connectivity index (χ4n) is 3.56. The predicted molar refractivity (Wildman–Crippen MR) is 115 cm³/mol. The van der Waals surface area contributed by atoms with E-state index in [1.165, 1.54) is 12.1 Å². The third kappa shape index (κ3) is 4.37. The van der Waals surface area contributed by atoms with Crippen molar-refractivity contribution in [1.29, 1.82) is 0 Å². The molecular formula is C22H22ClF2N5. The lowest BCUT2D eigenvalue weighted by molar-refractivity contribution is 0.283. The molecule has 1 aromatic carbocycles. The van der Waals surface area contributed by atoms with Gasteiger partial charge in [0.1, 0.15) is 11.6 Å². The molecule has 0 amide bonds. The summed E-state index contributed by atoms with van der Waals surface area (Å²) in [4.78, 5) is 8.47. The van der Waals surface area contributed by atoms with Gasteiger partial charge in [0.15, 0.2) is 5.82 Å². The Morgan fingerprint density at radius 2 is 1.93 bits per heavy atom. The smallest absolute Gasteiger partial charge is 0.172 e. The van der Waals surface area contributed by atoms with Gasteiger partial charge in [0.05, 0.1) is 22.6 Å². The van der Waals surface area contributed by atoms with E-state index in [4.69, 9.17) is 11.6 Å². The molecule has 3 aromatic rings. The van der Waals surface area contributed by atoms with Crippen LogP contribution in [0.5, 0.6) is 0 Å². The minimum atomic E-state index is -0.417. The topological polar surface area (TPSA) is 37.2 Å². The summed E-state index contributed by atoms with van der Waals surface area (Å²) in [6.07, 6.45) is 7.61. The Bertz CT molecular complexity index is 1060. The molecule has 4 rings (SSSR count). The van der Waals surface area contributed by atoms with E-state index >= 15 is 0 Å². The molecule has 1 aliphatic heterocycles. The summed E-state index contributed by atoms with van der Waals surface area (Å²) in [7, 11) is 0. The summed E-state index contributed by atoms with van der Waals surface area (Å²) in [6.45, 7) is 5.62. The lowest BCUT2D eigenvalue weighted by Gasteiger charge is -2.35. The number of nitrogens with zero attached hydrogens (tertiary/aromatic N) is 5. The molecule has 3 heterocycles. The number of rotatable bonds is 5. The maximum atomic E-state index is 14.0. The number of halogens is 3. The maximum Gasteiger partial charge on any atom is 0.172 e. The monoisotopic (exact) mass is 429 g/mol. The van der Waals surface area contributed by atoms with E-state index < -0.39 is 5.82 Å². The SMILES string of the molecule is Cc1c(/C=C/CN2CCN(c3cc(F)ccc3F)CC2)cnn1-c1ncccc1Cl. The van der Waals surface area contributed by atoms with Crippen molar-refractivity contribution in [3.8, 4) is 5.82 Å². The minimum absolute atomic E-state index is 0.335. The van der Waals surface area contributed by atoms with Gasteiger partial charge in [-0.3, -0.25) is 4.90 Å². The van der Waals surface area contributed by atoms with E-state index in [-0.39, 0.29) is 5.82 Å². The van der Waals surface area contributed by atoms with E-state index in [1.807, 2.05) is 17.9 Å². The molecule has 0 bridgehead atoms. The number of aromatic nitrogens is 3. The maximum absolute atomic E-state index is 14.0. The summed E-state index contributed by atoms with van der Waals surface area (Å²) in [6, 6.07) is 7.16. The van der Waals surface area contributed by atoms with Gasteiger partial charge in [-0.25, -0.2) is 18.4 Å². The Morgan fingerprint density at radius 3 is 2.70 bits per heavy atom. The van der Waals surface area contributed by atoms with Crippen molar-refractivity contribution in [1.82, 2.24) is 19.7 Å². The molecule has 1 fully saturated rings. The van der Waals surface area contributed by atoms with Crippen LogP contribution in [0.4, 0.5) is 14.5 Å². The first-order valence-electron chi connectivity index (χ1n) is 9.77. The molecule has 8 heteroatoms. The second-order valence-electron chi connectivity index (χ2n) is 7.19. The Balaban J connectivity index is 1.35. The molecule has 156 valence electrons. The zero-order valence-electron chi connectivity index (χ0n) is 16.6. The van der Waals surface area contributed by atoms with Gasteiger partial charge in [0, 0.05) is 50.6 Å². The normalized spacial score (nSPS) is 15.3. The number of piperazine rings is 1. The zero-order chi connectivity index (χ0) is 21.1. The number of pyridine rings is 1. The van der Waals surface area contributed by atoms with Crippen molar-refractivity contribution >= 4 is 23.4 Å². The fraction of sp³-hybridized carbons (Fsp3) is 0.273. The Hall–Kier alpha value is -2.77. The first-order valence-corrected chi connectivity index (χ1v) is 10.1. The number of benzene rings is 1. The van der Waals surface area contributed by atoms with Gasteiger partial charge >= 0.3 is 0 Å². The Labute approximate surface area is 179 Å². The first kappa shape index (κ1) is 20.5. The number of hydrogen-bond acceptors (Lipinski definition) is 4. The molecule has 0 aliphatic carbocycles. The molecule has 1 aliphatic rings. The quantitative estimate of drug-likeness (QED) is 0.604. The van der Waals surface area contributed by atoms with Gasteiger partial charge in [-0.2, -0.15) is 5.10 Å². The molecule has 5 nitrogen and oxygen atoms in total. The van der Waals surface area contributed by atoms with Crippen LogP contribution in [0, 0.1) is 18.6 Å². The van der Waals surface area contributed by atoms with Crippen molar-refractivity contribution in [2.45, 2.75) is 6.92 Å². The largest absolute Gasteiger partial charge is 0.367 e. The molecule has 0 saturated carbocycles. The highest BCUT2D eigenvalue weighted by molar-refractivity contribution is 6.32. The third-order valence-electron chi connectivity index (χ3n) is 5.27. The van der Waals surface area contributed by atoms with Gasteiger partial charge in [-0.1, -0.05) is 23.8 Å². The van der Waals surface area contributed by atoms with Crippen molar-refractivity contribution < 1.29 is 8.78 Å². The van der Waals surface area contributed by atoms with Crippen LogP contribution in [-0.2, 0) is 0 Å². The van der Waals surface area contributed by atoms with Crippen LogP contribution in [0.25, 0.3) is 11.9 Å². The standard InChI is InChI=1S/C22H22ClF2N5/c1-16-17(15-27-30(16)22-19(23)5-2-8-26-22)4-3-9-28-10-12-29(13-11-28)21-14-18(24)6-7-20(21)25/h2-8,14-15H,9-13H2,1H3/b4-3+. The second kappa shape index (κ2) is 8.93. The van der Waals surface area contributed by atoms with Crippen LogP contribution >= 0.6 is 11.6 Å². The van der Waals surface area contributed by atoms with E-state index in [9.17, 15) is 8.78 Å². The highest BCUT2D eigenvalue weighted by atomic mass is 35.5. The van der Waals surface area contributed by atoms with Crippen LogP contribution in [0.15, 0.2) is 48.8 Å². The average Bonchev–Trinajstić information content (AvgIpc) is 3.11. The molecule has 1 saturated heterocycles.